The number of pyridine rings is 1. The summed E-state index contributed by atoms with van der Waals surface area (Å²) in [5.41, 5.74) is 2.37. The fraction of sp³-hybridized carbons (Fsp3) is 0. The molecule has 0 saturated carbocycles. The largest absolute Gasteiger partial charge is 0.298 e. The van der Waals surface area contributed by atoms with E-state index >= 15 is 0 Å². The first kappa shape index (κ1) is 11.5. The Morgan fingerprint density at radius 2 is 1.89 bits per heavy atom. The monoisotopic (exact) mass is 251 g/mol. The van der Waals surface area contributed by atoms with Gasteiger partial charge < -0.3 is 0 Å². The third-order valence-electron chi connectivity index (χ3n) is 3.03. The van der Waals surface area contributed by atoms with Gasteiger partial charge in [-0.15, -0.1) is 0 Å². The molecule has 3 aromatic rings. The number of nitrogens with zero attached hydrogens (tertiary/aromatic N) is 1. The van der Waals surface area contributed by atoms with E-state index in [2.05, 4.69) is 4.98 Å². The van der Waals surface area contributed by atoms with Crippen LogP contribution in [-0.2, 0) is 0 Å². The molecule has 2 aromatic carbocycles. The molecule has 0 aliphatic carbocycles. The molecule has 0 fully saturated rings. The van der Waals surface area contributed by atoms with Gasteiger partial charge in [0.25, 0.3) is 0 Å². The summed E-state index contributed by atoms with van der Waals surface area (Å²) in [4.78, 5) is 15.1. The molecule has 0 atom stereocenters. The molecule has 3 rings (SSSR count). The number of hydrogen-bond donors (Lipinski definition) is 0. The number of carbonyl (C=O) groups excluding carboxylic acids is 1. The highest BCUT2D eigenvalue weighted by Crippen LogP contribution is 2.25. The van der Waals surface area contributed by atoms with Gasteiger partial charge in [0, 0.05) is 28.3 Å². The van der Waals surface area contributed by atoms with Crippen molar-refractivity contribution in [3.05, 3.63) is 66.1 Å². The number of rotatable bonds is 2. The molecule has 0 radical (unpaired) electrons. The lowest BCUT2D eigenvalue weighted by Gasteiger charge is -2.05. The highest BCUT2D eigenvalue weighted by Gasteiger charge is 2.07. The molecular formula is C16H10FNO. The summed E-state index contributed by atoms with van der Waals surface area (Å²) in [5, 5.41) is 0.941. The van der Waals surface area contributed by atoms with Crippen molar-refractivity contribution < 1.29 is 9.18 Å². The van der Waals surface area contributed by atoms with Crippen molar-refractivity contribution in [2.75, 3.05) is 0 Å². The van der Waals surface area contributed by atoms with Gasteiger partial charge in [-0.05, 0) is 30.3 Å². The van der Waals surface area contributed by atoms with Crippen LogP contribution in [0.2, 0.25) is 0 Å². The zero-order valence-corrected chi connectivity index (χ0v) is 10.0. The molecule has 0 saturated heterocycles. The van der Waals surface area contributed by atoms with E-state index in [0.717, 1.165) is 10.9 Å². The van der Waals surface area contributed by atoms with Crippen molar-refractivity contribution in [1.29, 1.82) is 0 Å². The van der Waals surface area contributed by atoms with E-state index in [1.807, 2.05) is 30.3 Å². The van der Waals surface area contributed by atoms with Crippen molar-refractivity contribution in [2.45, 2.75) is 0 Å². The molecule has 1 aromatic heterocycles. The Hall–Kier alpha value is -2.55. The standard InChI is InChI=1S/C16H10FNO/c17-15-6-5-11(10-19)7-14(15)13-8-12-3-1-2-4-16(12)18-9-13/h1-10H. The molecule has 0 spiro atoms. The fourth-order valence-corrected chi connectivity index (χ4v) is 2.06. The molecule has 1 heterocycles. The van der Waals surface area contributed by atoms with Gasteiger partial charge in [0.15, 0.2) is 0 Å². The third-order valence-corrected chi connectivity index (χ3v) is 3.03. The molecule has 0 amide bonds. The minimum atomic E-state index is -0.359. The topological polar surface area (TPSA) is 30.0 Å². The number of halogens is 1. The highest BCUT2D eigenvalue weighted by atomic mass is 19.1. The van der Waals surface area contributed by atoms with Gasteiger partial charge in [-0.2, -0.15) is 0 Å². The van der Waals surface area contributed by atoms with Crippen LogP contribution in [0, 0.1) is 5.82 Å². The summed E-state index contributed by atoms with van der Waals surface area (Å²) < 4.78 is 13.8. The number of benzene rings is 2. The highest BCUT2D eigenvalue weighted by molar-refractivity contribution is 5.85. The third kappa shape index (κ3) is 2.10. The Morgan fingerprint density at radius 3 is 2.74 bits per heavy atom. The van der Waals surface area contributed by atoms with Gasteiger partial charge in [0.1, 0.15) is 12.1 Å². The van der Waals surface area contributed by atoms with Gasteiger partial charge in [-0.1, -0.05) is 18.2 Å². The van der Waals surface area contributed by atoms with Crippen molar-refractivity contribution in [3.63, 3.8) is 0 Å². The smallest absolute Gasteiger partial charge is 0.150 e. The van der Waals surface area contributed by atoms with E-state index < -0.39 is 0 Å². The van der Waals surface area contributed by atoms with Crippen LogP contribution in [0.15, 0.2) is 54.7 Å². The van der Waals surface area contributed by atoms with E-state index in [9.17, 15) is 9.18 Å². The molecule has 0 N–H and O–H groups in total. The lowest BCUT2D eigenvalue weighted by atomic mass is 10.0. The van der Waals surface area contributed by atoms with Crippen LogP contribution in [-0.4, -0.2) is 11.3 Å². The average Bonchev–Trinajstić information content (AvgIpc) is 2.47. The van der Waals surface area contributed by atoms with Crippen LogP contribution in [0.3, 0.4) is 0 Å². The lowest BCUT2D eigenvalue weighted by Crippen LogP contribution is -1.89. The van der Waals surface area contributed by atoms with E-state index in [-0.39, 0.29) is 5.82 Å². The van der Waals surface area contributed by atoms with Gasteiger partial charge in [-0.25, -0.2) is 4.39 Å². The van der Waals surface area contributed by atoms with Gasteiger partial charge in [0.05, 0.1) is 5.52 Å². The van der Waals surface area contributed by atoms with E-state index in [1.165, 1.54) is 18.2 Å². The second-order valence-corrected chi connectivity index (χ2v) is 4.27. The number of fused-ring (bicyclic) bond motifs is 1. The van der Waals surface area contributed by atoms with Crippen LogP contribution in [0.5, 0.6) is 0 Å². The molecule has 0 unspecified atom stereocenters. The zero-order chi connectivity index (χ0) is 13.2. The van der Waals surface area contributed by atoms with Crippen molar-refractivity contribution in [1.82, 2.24) is 4.98 Å². The first-order valence-electron chi connectivity index (χ1n) is 5.88. The Labute approximate surface area is 109 Å². The van der Waals surface area contributed by atoms with Crippen molar-refractivity contribution >= 4 is 17.2 Å². The van der Waals surface area contributed by atoms with Gasteiger partial charge >= 0.3 is 0 Å². The van der Waals surface area contributed by atoms with Gasteiger partial charge in [0.2, 0.25) is 0 Å². The number of hydrogen-bond acceptors (Lipinski definition) is 2. The second kappa shape index (κ2) is 4.61. The molecular weight excluding hydrogens is 241 g/mol. The first-order valence-corrected chi connectivity index (χ1v) is 5.88. The molecule has 92 valence electrons. The molecule has 0 aliphatic rings. The van der Waals surface area contributed by atoms with Crippen LogP contribution in [0.25, 0.3) is 22.0 Å². The summed E-state index contributed by atoms with van der Waals surface area (Å²) in [6.07, 6.45) is 2.33. The van der Waals surface area contributed by atoms with Crippen LogP contribution in [0.4, 0.5) is 4.39 Å². The van der Waals surface area contributed by atoms with Gasteiger partial charge in [-0.3, -0.25) is 9.78 Å². The van der Waals surface area contributed by atoms with Crippen LogP contribution >= 0.6 is 0 Å². The fourth-order valence-electron chi connectivity index (χ4n) is 2.06. The number of carbonyl (C=O) groups is 1. The quantitative estimate of drug-likeness (QED) is 0.647. The lowest BCUT2D eigenvalue weighted by molar-refractivity contribution is 0.112. The summed E-state index contributed by atoms with van der Waals surface area (Å²) in [6, 6.07) is 13.8. The van der Waals surface area contributed by atoms with E-state index in [0.29, 0.717) is 23.0 Å². The summed E-state index contributed by atoms with van der Waals surface area (Å²) in [6.45, 7) is 0. The van der Waals surface area contributed by atoms with Crippen LogP contribution in [0.1, 0.15) is 10.4 Å². The average molecular weight is 251 g/mol. The summed E-state index contributed by atoms with van der Waals surface area (Å²) >= 11 is 0. The number of para-hydroxylation sites is 1. The Balaban J connectivity index is 2.21. The van der Waals surface area contributed by atoms with Crippen molar-refractivity contribution in [3.8, 4) is 11.1 Å². The number of aromatic nitrogens is 1. The first-order chi connectivity index (χ1) is 9.28. The number of aldehydes is 1. The zero-order valence-electron chi connectivity index (χ0n) is 10.0. The van der Waals surface area contributed by atoms with E-state index in [1.54, 1.807) is 6.20 Å². The molecule has 0 aliphatic heterocycles. The summed E-state index contributed by atoms with van der Waals surface area (Å²) in [5.74, 6) is -0.359. The SMILES string of the molecule is O=Cc1ccc(F)c(-c2cnc3ccccc3c2)c1. The minimum absolute atomic E-state index is 0.359. The summed E-state index contributed by atoms with van der Waals surface area (Å²) in [7, 11) is 0. The van der Waals surface area contributed by atoms with E-state index in [4.69, 9.17) is 0 Å². The van der Waals surface area contributed by atoms with Crippen LogP contribution < -0.4 is 0 Å². The Kier molecular flexibility index (Phi) is 2.80. The maximum absolute atomic E-state index is 13.8. The second-order valence-electron chi connectivity index (χ2n) is 4.27. The maximum Gasteiger partial charge on any atom is 0.150 e. The maximum atomic E-state index is 13.8. The molecule has 19 heavy (non-hydrogen) atoms. The normalized spacial score (nSPS) is 10.6. The molecule has 3 heteroatoms. The predicted molar refractivity (Wildman–Crippen MR) is 72.5 cm³/mol. The predicted octanol–water partition coefficient (Wildman–Crippen LogP) is 3.85. The molecule has 0 bridgehead atoms. The molecule has 2 nitrogen and oxygen atoms in total. The minimum Gasteiger partial charge on any atom is -0.298 e. The Morgan fingerprint density at radius 1 is 1.05 bits per heavy atom. The van der Waals surface area contributed by atoms with Crippen molar-refractivity contribution in [2.24, 2.45) is 0 Å². The Bertz CT molecular complexity index is 768.